The molecule has 0 fully saturated rings. The Kier molecular flexibility index (Phi) is 5.22. The molecule has 1 rings (SSSR count). The normalized spacial score (nSPS) is 13.7. The summed E-state index contributed by atoms with van der Waals surface area (Å²) < 4.78 is 30.6. The highest BCUT2D eigenvalue weighted by Gasteiger charge is 2.25. The molecule has 0 saturated heterocycles. The molecule has 0 N–H and O–H groups in total. The SMILES string of the molecule is COc1ccc(Br)cc1CS(=O)(=O)[C@@H](C)C(C)C. The third kappa shape index (κ3) is 3.72. The maximum Gasteiger partial charge on any atom is 0.157 e. The standard InChI is InChI=1S/C13H19BrO3S/c1-9(2)10(3)18(15,16)8-11-7-12(14)5-6-13(11)17-4/h5-7,9-10H,8H2,1-4H3/t10-/m0/s1. The van der Waals surface area contributed by atoms with Gasteiger partial charge in [-0.3, -0.25) is 0 Å². The summed E-state index contributed by atoms with van der Waals surface area (Å²) >= 11 is 3.35. The molecule has 0 bridgehead atoms. The van der Waals surface area contributed by atoms with Gasteiger partial charge in [-0.05, 0) is 31.0 Å². The van der Waals surface area contributed by atoms with Crippen molar-refractivity contribution in [2.75, 3.05) is 7.11 Å². The highest BCUT2D eigenvalue weighted by atomic mass is 79.9. The van der Waals surface area contributed by atoms with Gasteiger partial charge in [-0.15, -0.1) is 0 Å². The smallest absolute Gasteiger partial charge is 0.157 e. The van der Waals surface area contributed by atoms with E-state index in [1.807, 2.05) is 19.9 Å². The van der Waals surface area contributed by atoms with E-state index in [9.17, 15) is 8.42 Å². The maximum atomic E-state index is 12.2. The van der Waals surface area contributed by atoms with Gasteiger partial charge in [-0.1, -0.05) is 29.8 Å². The van der Waals surface area contributed by atoms with Crippen molar-refractivity contribution in [2.24, 2.45) is 5.92 Å². The largest absolute Gasteiger partial charge is 0.496 e. The van der Waals surface area contributed by atoms with Crippen molar-refractivity contribution >= 4 is 25.8 Å². The molecule has 0 aliphatic rings. The second-order valence-corrected chi connectivity index (χ2v) is 7.99. The van der Waals surface area contributed by atoms with Crippen molar-refractivity contribution < 1.29 is 13.2 Å². The van der Waals surface area contributed by atoms with Gasteiger partial charge in [0.2, 0.25) is 0 Å². The van der Waals surface area contributed by atoms with E-state index in [2.05, 4.69) is 15.9 Å². The molecule has 102 valence electrons. The van der Waals surface area contributed by atoms with Crippen molar-refractivity contribution in [1.29, 1.82) is 0 Å². The van der Waals surface area contributed by atoms with Crippen molar-refractivity contribution in [1.82, 2.24) is 0 Å². The maximum absolute atomic E-state index is 12.2. The first-order chi connectivity index (χ1) is 8.27. The molecule has 1 aromatic rings. The molecule has 0 spiro atoms. The Morgan fingerprint density at radius 3 is 2.39 bits per heavy atom. The van der Waals surface area contributed by atoms with Crippen LogP contribution in [0.3, 0.4) is 0 Å². The average molecular weight is 335 g/mol. The molecule has 0 heterocycles. The van der Waals surface area contributed by atoms with Crippen LogP contribution in [0.1, 0.15) is 26.3 Å². The van der Waals surface area contributed by atoms with Crippen LogP contribution < -0.4 is 4.74 Å². The van der Waals surface area contributed by atoms with Gasteiger partial charge in [0, 0.05) is 10.0 Å². The predicted octanol–water partition coefficient (Wildman–Crippen LogP) is 3.42. The molecule has 3 nitrogen and oxygen atoms in total. The van der Waals surface area contributed by atoms with Gasteiger partial charge in [0.05, 0.1) is 18.1 Å². The summed E-state index contributed by atoms with van der Waals surface area (Å²) in [5.41, 5.74) is 0.694. The van der Waals surface area contributed by atoms with Crippen molar-refractivity contribution in [3.8, 4) is 5.75 Å². The van der Waals surface area contributed by atoms with Crippen LogP contribution in [0.25, 0.3) is 0 Å². The van der Waals surface area contributed by atoms with Crippen LogP contribution in [0, 0.1) is 5.92 Å². The first-order valence-electron chi connectivity index (χ1n) is 5.82. The van der Waals surface area contributed by atoms with Gasteiger partial charge in [0.25, 0.3) is 0 Å². The Balaban J connectivity index is 3.07. The third-order valence-corrected chi connectivity index (χ3v) is 5.99. The Bertz CT molecular complexity index is 509. The molecule has 0 saturated carbocycles. The second-order valence-electron chi connectivity index (χ2n) is 4.71. The van der Waals surface area contributed by atoms with Crippen LogP contribution in [-0.4, -0.2) is 20.8 Å². The van der Waals surface area contributed by atoms with Gasteiger partial charge >= 0.3 is 0 Å². The minimum atomic E-state index is -3.16. The average Bonchev–Trinajstić information content (AvgIpc) is 2.27. The van der Waals surface area contributed by atoms with Crippen molar-refractivity contribution in [2.45, 2.75) is 31.8 Å². The summed E-state index contributed by atoms with van der Waals surface area (Å²) in [6, 6.07) is 5.40. The van der Waals surface area contributed by atoms with Gasteiger partial charge in [-0.25, -0.2) is 8.42 Å². The zero-order valence-corrected chi connectivity index (χ0v) is 13.5. The summed E-state index contributed by atoms with van der Waals surface area (Å²) in [4.78, 5) is 0. The van der Waals surface area contributed by atoms with Gasteiger partial charge in [-0.2, -0.15) is 0 Å². The second kappa shape index (κ2) is 6.06. The van der Waals surface area contributed by atoms with E-state index in [1.54, 1.807) is 26.2 Å². The molecule has 0 aromatic heterocycles. The highest BCUT2D eigenvalue weighted by molar-refractivity contribution is 9.10. The molecule has 0 radical (unpaired) electrons. The fourth-order valence-corrected chi connectivity index (χ4v) is 3.78. The number of sulfone groups is 1. The van der Waals surface area contributed by atoms with Gasteiger partial charge < -0.3 is 4.74 Å². The summed E-state index contributed by atoms with van der Waals surface area (Å²) in [6.45, 7) is 5.59. The quantitative estimate of drug-likeness (QED) is 0.828. The number of halogens is 1. The summed E-state index contributed by atoms with van der Waals surface area (Å²) in [6.07, 6.45) is 0. The number of benzene rings is 1. The topological polar surface area (TPSA) is 43.4 Å². The number of ether oxygens (including phenoxy) is 1. The van der Waals surface area contributed by atoms with Crippen LogP contribution in [0.2, 0.25) is 0 Å². The number of hydrogen-bond donors (Lipinski definition) is 0. The first kappa shape index (κ1) is 15.5. The molecule has 1 aromatic carbocycles. The fraction of sp³-hybridized carbons (Fsp3) is 0.538. The Hall–Kier alpha value is -0.550. The molecule has 18 heavy (non-hydrogen) atoms. The van der Waals surface area contributed by atoms with Crippen molar-refractivity contribution in [3.05, 3.63) is 28.2 Å². The Labute approximate surface area is 118 Å². The Morgan fingerprint density at radius 2 is 1.89 bits per heavy atom. The molecule has 5 heteroatoms. The van der Waals surface area contributed by atoms with E-state index < -0.39 is 9.84 Å². The zero-order valence-electron chi connectivity index (χ0n) is 11.1. The molecule has 0 aliphatic heterocycles. The van der Waals surface area contributed by atoms with Gasteiger partial charge in [0.15, 0.2) is 9.84 Å². The summed E-state index contributed by atoms with van der Waals surface area (Å²) in [7, 11) is -1.62. The molecule has 0 unspecified atom stereocenters. The lowest BCUT2D eigenvalue weighted by Crippen LogP contribution is -2.25. The molecular formula is C13H19BrO3S. The fourth-order valence-electron chi connectivity index (χ4n) is 1.62. The van der Waals surface area contributed by atoms with Crippen LogP contribution in [0.5, 0.6) is 5.75 Å². The first-order valence-corrected chi connectivity index (χ1v) is 8.32. The Morgan fingerprint density at radius 1 is 1.28 bits per heavy atom. The minimum Gasteiger partial charge on any atom is -0.496 e. The third-order valence-electron chi connectivity index (χ3n) is 3.10. The van der Waals surface area contributed by atoms with E-state index in [1.165, 1.54) is 0 Å². The van der Waals surface area contributed by atoms with E-state index in [-0.39, 0.29) is 16.9 Å². The van der Waals surface area contributed by atoms with Crippen LogP contribution in [0.4, 0.5) is 0 Å². The molecule has 0 amide bonds. The molecular weight excluding hydrogens is 316 g/mol. The van der Waals surface area contributed by atoms with Crippen LogP contribution in [-0.2, 0) is 15.6 Å². The summed E-state index contributed by atoms with van der Waals surface area (Å²) in [5.74, 6) is 0.723. The predicted molar refractivity (Wildman–Crippen MR) is 77.6 cm³/mol. The van der Waals surface area contributed by atoms with Crippen LogP contribution in [0.15, 0.2) is 22.7 Å². The van der Waals surface area contributed by atoms with E-state index >= 15 is 0 Å². The summed E-state index contributed by atoms with van der Waals surface area (Å²) in [5, 5.41) is -0.360. The minimum absolute atomic E-state index is 0.00889. The van der Waals surface area contributed by atoms with E-state index in [0.717, 1.165) is 4.47 Å². The van der Waals surface area contributed by atoms with Crippen LogP contribution >= 0.6 is 15.9 Å². The van der Waals surface area contributed by atoms with E-state index in [0.29, 0.717) is 11.3 Å². The number of hydrogen-bond acceptors (Lipinski definition) is 3. The zero-order chi connectivity index (χ0) is 13.9. The lowest BCUT2D eigenvalue weighted by molar-refractivity contribution is 0.410. The lowest BCUT2D eigenvalue weighted by Gasteiger charge is -2.17. The molecule has 0 aliphatic carbocycles. The highest BCUT2D eigenvalue weighted by Crippen LogP contribution is 2.27. The van der Waals surface area contributed by atoms with Gasteiger partial charge in [0.1, 0.15) is 5.75 Å². The van der Waals surface area contributed by atoms with Crippen molar-refractivity contribution in [3.63, 3.8) is 0 Å². The monoisotopic (exact) mass is 334 g/mol. The lowest BCUT2D eigenvalue weighted by atomic mass is 10.2. The van der Waals surface area contributed by atoms with E-state index in [4.69, 9.17) is 4.74 Å². The molecule has 1 atom stereocenters. The number of rotatable bonds is 5. The number of methoxy groups -OCH3 is 1.